The van der Waals surface area contributed by atoms with Gasteiger partial charge in [-0.2, -0.15) is 0 Å². The standard InChI is InChI=1S/C19H26N4OS/c1-22-14-20-10-15(22)12-23-8-7-19(13-23)6-2-5-17(19)18(24)21-11-16-4-3-9-25-16/h3-4,9-10,14,17H,2,5-8,11-13H2,1H3,(H,21,24). The van der Waals surface area contributed by atoms with Gasteiger partial charge in [-0.25, -0.2) is 4.98 Å². The lowest BCUT2D eigenvalue weighted by Crippen LogP contribution is -2.40. The molecule has 1 saturated carbocycles. The largest absolute Gasteiger partial charge is 0.351 e. The lowest BCUT2D eigenvalue weighted by atomic mass is 9.76. The average molecular weight is 359 g/mol. The number of carbonyl (C=O) groups excluding carboxylic acids is 1. The molecule has 1 aliphatic heterocycles. The van der Waals surface area contributed by atoms with Crippen LogP contribution in [-0.2, 0) is 24.9 Å². The van der Waals surface area contributed by atoms with E-state index in [-0.39, 0.29) is 17.2 Å². The van der Waals surface area contributed by atoms with E-state index in [9.17, 15) is 4.79 Å². The molecule has 0 radical (unpaired) electrons. The van der Waals surface area contributed by atoms with Gasteiger partial charge in [-0.15, -0.1) is 11.3 Å². The van der Waals surface area contributed by atoms with Crippen LogP contribution < -0.4 is 5.32 Å². The molecule has 2 aromatic rings. The number of thiophene rings is 1. The second-order valence-corrected chi connectivity index (χ2v) is 8.59. The molecule has 1 spiro atoms. The first-order chi connectivity index (χ1) is 12.2. The summed E-state index contributed by atoms with van der Waals surface area (Å²) in [5, 5.41) is 5.25. The zero-order valence-electron chi connectivity index (χ0n) is 14.8. The molecule has 25 heavy (non-hydrogen) atoms. The average Bonchev–Trinajstić information content (AvgIpc) is 3.38. The molecule has 0 bridgehead atoms. The summed E-state index contributed by atoms with van der Waals surface area (Å²) in [6.45, 7) is 3.72. The molecule has 2 aliphatic rings. The minimum atomic E-state index is 0.170. The first-order valence-electron chi connectivity index (χ1n) is 9.14. The Bertz CT molecular complexity index is 726. The Kier molecular flexibility index (Phi) is 4.65. The molecule has 134 valence electrons. The number of imidazole rings is 1. The van der Waals surface area contributed by atoms with Crippen molar-refractivity contribution in [2.75, 3.05) is 13.1 Å². The van der Waals surface area contributed by atoms with Crippen molar-refractivity contribution in [3.8, 4) is 0 Å². The number of nitrogens with zero attached hydrogens (tertiary/aromatic N) is 3. The van der Waals surface area contributed by atoms with Gasteiger partial charge in [-0.05, 0) is 42.7 Å². The summed E-state index contributed by atoms with van der Waals surface area (Å²) in [6.07, 6.45) is 8.35. The van der Waals surface area contributed by atoms with E-state index in [0.29, 0.717) is 6.54 Å². The minimum absolute atomic E-state index is 0.170. The van der Waals surface area contributed by atoms with Crippen LogP contribution in [0.15, 0.2) is 30.0 Å². The van der Waals surface area contributed by atoms with Crippen LogP contribution in [0.3, 0.4) is 0 Å². The fourth-order valence-corrected chi connectivity index (χ4v) is 5.28. The molecule has 2 atom stereocenters. The van der Waals surface area contributed by atoms with Crippen molar-refractivity contribution < 1.29 is 4.79 Å². The van der Waals surface area contributed by atoms with Crippen molar-refractivity contribution in [1.29, 1.82) is 0 Å². The molecule has 1 aliphatic carbocycles. The van der Waals surface area contributed by atoms with Crippen LogP contribution in [0.2, 0.25) is 0 Å². The Balaban J connectivity index is 1.38. The Labute approximate surface area is 153 Å². The van der Waals surface area contributed by atoms with E-state index < -0.39 is 0 Å². The summed E-state index contributed by atoms with van der Waals surface area (Å²) in [5.41, 5.74) is 1.42. The highest BCUT2D eigenvalue weighted by molar-refractivity contribution is 7.09. The molecular formula is C19H26N4OS. The van der Waals surface area contributed by atoms with E-state index >= 15 is 0 Å². The van der Waals surface area contributed by atoms with Gasteiger partial charge in [0.05, 0.1) is 18.6 Å². The van der Waals surface area contributed by atoms with E-state index in [4.69, 9.17) is 0 Å². The molecule has 4 rings (SSSR count). The van der Waals surface area contributed by atoms with Crippen molar-refractivity contribution in [3.05, 3.63) is 40.6 Å². The van der Waals surface area contributed by atoms with Gasteiger partial charge < -0.3 is 9.88 Å². The zero-order valence-corrected chi connectivity index (χ0v) is 15.6. The van der Waals surface area contributed by atoms with Gasteiger partial charge in [-0.3, -0.25) is 9.69 Å². The van der Waals surface area contributed by atoms with Crippen LogP contribution in [0.1, 0.15) is 36.3 Å². The fourth-order valence-electron chi connectivity index (χ4n) is 4.63. The lowest BCUT2D eigenvalue weighted by Gasteiger charge is -2.30. The Morgan fingerprint density at radius 2 is 2.40 bits per heavy atom. The molecule has 5 nitrogen and oxygen atoms in total. The number of rotatable bonds is 5. The van der Waals surface area contributed by atoms with Gasteiger partial charge >= 0.3 is 0 Å². The first kappa shape index (κ1) is 16.8. The van der Waals surface area contributed by atoms with Crippen LogP contribution in [0.4, 0.5) is 0 Å². The topological polar surface area (TPSA) is 50.2 Å². The Morgan fingerprint density at radius 1 is 1.48 bits per heavy atom. The number of amides is 1. The van der Waals surface area contributed by atoms with Crippen LogP contribution in [-0.4, -0.2) is 33.4 Å². The molecule has 0 aromatic carbocycles. The third-order valence-corrected chi connectivity index (χ3v) is 6.88. The number of hydrogen-bond donors (Lipinski definition) is 1. The summed E-state index contributed by atoms with van der Waals surface area (Å²) in [6, 6.07) is 4.12. The van der Waals surface area contributed by atoms with Crippen molar-refractivity contribution in [2.24, 2.45) is 18.4 Å². The van der Waals surface area contributed by atoms with E-state index in [1.165, 1.54) is 23.4 Å². The molecular weight excluding hydrogens is 332 g/mol. The van der Waals surface area contributed by atoms with Gasteiger partial charge in [0.2, 0.25) is 5.91 Å². The van der Waals surface area contributed by atoms with E-state index in [2.05, 4.69) is 31.2 Å². The second-order valence-electron chi connectivity index (χ2n) is 7.56. The fraction of sp³-hybridized carbons (Fsp3) is 0.579. The van der Waals surface area contributed by atoms with Crippen LogP contribution in [0.5, 0.6) is 0 Å². The van der Waals surface area contributed by atoms with Crippen molar-refractivity contribution in [1.82, 2.24) is 19.8 Å². The maximum Gasteiger partial charge on any atom is 0.224 e. The van der Waals surface area contributed by atoms with Crippen molar-refractivity contribution in [2.45, 2.75) is 38.8 Å². The SMILES string of the molecule is Cn1cncc1CN1CCC2(CCCC2C(=O)NCc2cccs2)C1. The number of carbonyl (C=O) groups is 1. The number of aryl methyl sites for hydroxylation is 1. The molecule has 1 saturated heterocycles. The van der Waals surface area contributed by atoms with Crippen LogP contribution in [0.25, 0.3) is 0 Å². The highest BCUT2D eigenvalue weighted by Gasteiger charge is 2.50. The molecule has 2 fully saturated rings. The molecule has 2 aromatic heterocycles. The first-order valence-corrected chi connectivity index (χ1v) is 10.0. The third-order valence-electron chi connectivity index (χ3n) is 6.01. The van der Waals surface area contributed by atoms with Gasteiger partial charge in [-0.1, -0.05) is 12.5 Å². The Morgan fingerprint density at radius 3 is 3.16 bits per heavy atom. The molecule has 1 amide bonds. The smallest absolute Gasteiger partial charge is 0.224 e. The maximum atomic E-state index is 12.8. The quantitative estimate of drug-likeness (QED) is 0.894. The van der Waals surface area contributed by atoms with Gasteiger partial charge in [0.25, 0.3) is 0 Å². The minimum Gasteiger partial charge on any atom is -0.351 e. The number of hydrogen-bond acceptors (Lipinski definition) is 4. The van der Waals surface area contributed by atoms with E-state index in [0.717, 1.165) is 32.5 Å². The lowest BCUT2D eigenvalue weighted by molar-refractivity contribution is -0.128. The molecule has 3 heterocycles. The zero-order chi connectivity index (χ0) is 17.3. The summed E-state index contributed by atoms with van der Waals surface area (Å²) in [5.74, 6) is 0.428. The summed E-state index contributed by atoms with van der Waals surface area (Å²) >= 11 is 1.70. The van der Waals surface area contributed by atoms with E-state index in [1.54, 1.807) is 11.3 Å². The number of aromatic nitrogens is 2. The molecule has 6 heteroatoms. The summed E-state index contributed by atoms with van der Waals surface area (Å²) in [7, 11) is 2.05. The summed E-state index contributed by atoms with van der Waals surface area (Å²) in [4.78, 5) is 20.8. The van der Waals surface area contributed by atoms with Crippen molar-refractivity contribution >= 4 is 17.2 Å². The van der Waals surface area contributed by atoms with Crippen LogP contribution in [0, 0.1) is 11.3 Å². The van der Waals surface area contributed by atoms with Crippen molar-refractivity contribution in [3.63, 3.8) is 0 Å². The number of likely N-dealkylation sites (tertiary alicyclic amines) is 1. The monoisotopic (exact) mass is 358 g/mol. The van der Waals surface area contributed by atoms with Gasteiger partial charge in [0.15, 0.2) is 0 Å². The number of nitrogens with one attached hydrogen (secondary N) is 1. The van der Waals surface area contributed by atoms with E-state index in [1.807, 2.05) is 25.6 Å². The predicted octanol–water partition coefficient (Wildman–Crippen LogP) is 2.79. The highest BCUT2D eigenvalue weighted by atomic mass is 32.1. The van der Waals surface area contributed by atoms with Gasteiger partial charge in [0.1, 0.15) is 0 Å². The normalized spacial score (nSPS) is 26.5. The second kappa shape index (κ2) is 6.92. The predicted molar refractivity (Wildman–Crippen MR) is 99.0 cm³/mol. The summed E-state index contributed by atoms with van der Waals surface area (Å²) < 4.78 is 2.09. The highest BCUT2D eigenvalue weighted by Crippen LogP contribution is 2.50. The maximum absolute atomic E-state index is 12.8. The van der Waals surface area contributed by atoms with Crippen LogP contribution >= 0.6 is 11.3 Å². The third kappa shape index (κ3) is 3.37. The van der Waals surface area contributed by atoms with Gasteiger partial charge in [0, 0.05) is 37.1 Å². The Hall–Kier alpha value is -1.66. The molecule has 1 N–H and O–H groups in total. The molecule has 2 unspecified atom stereocenters.